The number of ether oxygens (including phenoxy) is 1. The summed E-state index contributed by atoms with van der Waals surface area (Å²) < 4.78 is 33.6. The minimum atomic E-state index is -0.582. The van der Waals surface area contributed by atoms with Gasteiger partial charge in [-0.2, -0.15) is 0 Å². The van der Waals surface area contributed by atoms with Crippen LogP contribution in [0.3, 0.4) is 0 Å². The van der Waals surface area contributed by atoms with Crippen LogP contribution in [0.1, 0.15) is 5.56 Å². The second kappa shape index (κ2) is 4.93. The smallest absolute Gasteiger partial charge is 0.173 e. The van der Waals surface area contributed by atoms with E-state index >= 15 is 0 Å². The maximum absolute atomic E-state index is 13.5. The zero-order valence-electron chi connectivity index (χ0n) is 10.1. The predicted molar refractivity (Wildman–Crippen MR) is 63.6 cm³/mol. The molecule has 0 unspecified atom stereocenters. The SMILES string of the molecule is Fc1cccc(F)c1Cn1cc(N2CCOC2)nn1. The zero-order chi connectivity index (χ0) is 13.2. The fourth-order valence-electron chi connectivity index (χ4n) is 1.95. The molecule has 1 fully saturated rings. The summed E-state index contributed by atoms with van der Waals surface area (Å²) in [7, 11) is 0. The molecule has 100 valence electrons. The number of rotatable bonds is 3. The topological polar surface area (TPSA) is 43.2 Å². The summed E-state index contributed by atoms with van der Waals surface area (Å²) in [5.74, 6) is -0.516. The molecular formula is C12H12F2N4O. The van der Waals surface area contributed by atoms with Crippen LogP contribution in [0.5, 0.6) is 0 Å². The van der Waals surface area contributed by atoms with Crippen molar-refractivity contribution in [1.29, 1.82) is 0 Å². The molecule has 1 aromatic heterocycles. The number of benzene rings is 1. The fourth-order valence-corrected chi connectivity index (χ4v) is 1.95. The van der Waals surface area contributed by atoms with Crippen LogP contribution in [-0.4, -0.2) is 34.9 Å². The van der Waals surface area contributed by atoms with E-state index in [0.717, 1.165) is 6.54 Å². The number of hydrogen-bond donors (Lipinski definition) is 0. The lowest BCUT2D eigenvalue weighted by Gasteiger charge is -2.09. The fraction of sp³-hybridized carbons (Fsp3) is 0.333. The number of anilines is 1. The Kier molecular flexibility index (Phi) is 3.12. The van der Waals surface area contributed by atoms with Gasteiger partial charge >= 0.3 is 0 Å². The molecule has 2 aromatic rings. The Bertz CT molecular complexity index is 561. The van der Waals surface area contributed by atoms with Gasteiger partial charge in [0.25, 0.3) is 0 Å². The minimum absolute atomic E-state index is 0.0141. The van der Waals surface area contributed by atoms with E-state index in [0.29, 0.717) is 19.2 Å². The average molecular weight is 266 g/mol. The molecule has 0 bridgehead atoms. The predicted octanol–water partition coefficient (Wildman–Crippen LogP) is 1.40. The number of hydrogen-bond acceptors (Lipinski definition) is 4. The van der Waals surface area contributed by atoms with Crippen LogP contribution in [0.2, 0.25) is 0 Å². The molecule has 7 heteroatoms. The van der Waals surface area contributed by atoms with Gasteiger partial charge in [-0.25, -0.2) is 13.5 Å². The Hall–Kier alpha value is -2.02. The lowest BCUT2D eigenvalue weighted by molar-refractivity contribution is 0.201. The largest absolute Gasteiger partial charge is 0.359 e. The van der Waals surface area contributed by atoms with Gasteiger partial charge in [-0.05, 0) is 12.1 Å². The minimum Gasteiger partial charge on any atom is -0.359 e. The third kappa shape index (κ3) is 2.41. The van der Waals surface area contributed by atoms with Crippen LogP contribution in [-0.2, 0) is 11.3 Å². The Balaban J connectivity index is 1.80. The molecule has 0 radical (unpaired) electrons. The summed E-state index contributed by atoms with van der Waals surface area (Å²) in [6.45, 7) is 1.87. The molecular weight excluding hydrogens is 254 g/mol. The van der Waals surface area contributed by atoms with E-state index in [1.54, 1.807) is 6.20 Å². The van der Waals surface area contributed by atoms with Crippen molar-refractivity contribution < 1.29 is 13.5 Å². The van der Waals surface area contributed by atoms with Gasteiger partial charge in [0.1, 0.15) is 18.4 Å². The van der Waals surface area contributed by atoms with Crippen molar-refractivity contribution in [1.82, 2.24) is 15.0 Å². The number of halogens is 2. The monoisotopic (exact) mass is 266 g/mol. The molecule has 0 N–H and O–H groups in total. The molecule has 0 spiro atoms. The highest BCUT2D eigenvalue weighted by atomic mass is 19.1. The van der Waals surface area contributed by atoms with Gasteiger partial charge in [-0.1, -0.05) is 11.3 Å². The molecule has 5 nitrogen and oxygen atoms in total. The highest BCUT2D eigenvalue weighted by Crippen LogP contribution is 2.16. The van der Waals surface area contributed by atoms with Gasteiger partial charge in [0.15, 0.2) is 5.82 Å². The summed E-state index contributed by atoms with van der Waals surface area (Å²) in [5, 5.41) is 7.84. The molecule has 3 rings (SSSR count). The summed E-state index contributed by atoms with van der Waals surface area (Å²) in [6.07, 6.45) is 1.65. The van der Waals surface area contributed by atoms with Gasteiger partial charge in [0, 0.05) is 12.1 Å². The molecule has 2 heterocycles. The highest BCUT2D eigenvalue weighted by Gasteiger charge is 2.17. The van der Waals surface area contributed by atoms with E-state index in [2.05, 4.69) is 10.3 Å². The van der Waals surface area contributed by atoms with Crippen molar-refractivity contribution >= 4 is 5.82 Å². The van der Waals surface area contributed by atoms with E-state index in [4.69, 9.17) is 4.74 Å². The highest BCUT2D eigenvalue weighted by molar-refractivity contribution is 5.35. The van der Waals surface area contributed by atoms with E-state index in [1.165, 1.54) is 22.9 Å². The lowest BCUT2D eigenvalue weighted by Crippen LogP contribution is -2.18. The number of aromatic nitrogens is 3. The summed E-state index contributed by atoms with van der Waals surface area (Å²) in [5.41, 5.74) is -0.0170. The Morgan fingerprint density at radius 3 is 2.74 bits per heavy atom. The molecule has 1 aromatic carbocycles. The molecule has 0 aliphatic carbocycles. The number of nitrogens with zero attached hydrogens (tertiary/aromatic N) is 4. The van der Waals surface area contributed by atoms with Gasteiger partial charge in [0.2, 0.25) is 0 Å². The van der Waals surface area contributed by atoms with E-state index in [-0.39, 0.29) is 12.1 Å². The second-order valence-electron chi connectivity index (χ2n) is 4.28. The van der Waals surface area contributed by atoms with Crippen molar-refractivity contribution in [2.75, 3.05) is 24.8 Å². The summed E-state index contributed by atoms with van der Waals surface area (Å²) in [6, 6.07) is 3.79. The van der Waals surface area contributed by atoms with Crippen LogP contribution in [0.25, 0.3) is 0 Å². The summed E-state index contributed by atoms with van der Waals surface area (Å²) >= 11 is 0. The van der Waals surface area contributed by atoms with Gasteiger partial charge < -0.3 is 9.64 Å². The van der Waals surface area contributed by atoms with E-state index in [9.17, 15) is 8.78 Å². The van der Waals surface area contributed by atoms with Gasteiger partial charge in [-0.3, -0.25) is 0 Å². The first-order valence-corrected chi connectivity index (χ1v) is 5.90. The second-order valence-corrected chi connectivity index (χ2v) is 4.28. The first-order valence-electron chi connectivity index (χ1n) is 5.90. The Morgan fingerprint density at radius 2 is 2.05 bits per heavy atom. The third-order valence-corrected chi connectivity index (χ3v) is 2.99. The van der Waals surface area contributed by atoms with Gasteiger partial charge in [0.05, 0.1) is 19.3 Å². The molecule has 1 aliphatic rings. The van der Waals surface area contributed by atoms with Crippen molar-refractivity contribution in [2.45, 2.75) is 6.54 Å². The van der Waals surface area contributed by atoms with E-state index < -0.39 is 11.6 Å². The van der Waals surface area contributed by atoms with Crippen LogP contribution >= 0.6 is 0 Å². The molecule has 19 heavy (non-hydrogen) atoms. The molecule has 1 aliphatic heterocycles. The van der Waals surface area contributed by atoms with Crippen LogP contribution in [0, 0.1) is 11.6 Å². The molecule has 0 atom stereocenters. The lowest BCUT2D eigenvalue weighted by atomic mass is 10.2. The average Bonchev–Trinajstić information content (AvgIpc) is 3.04. The van der Waals surface area contributed by atoms with Crippen LogP contribution in [0.4, 0.5) is 14.6 Å². The van der Waals surface area contributed by atoms with Crippen molar-refractivity contribution in [3.05, 3.63) is 41.6 Å². The quantitative estimate of drug-likeness (QED) is 0.842. The van der Waals surface area contributed by atoms with Crippen molar-refractivity contribution in [3.63, 3.8) is 0 Å². The van der Waals surface area contributed by atoms with E-state index in [1.807, 2.05) is 4.90 Å². The van der Waals surface area contributed by atoms with Gasteiger partial charge in [-0.15, -0.1) is 5.10 Å². The standard InChI is InChI=1S/C12H12F2N4O/c13-10-2-1-3-11(14)9(10)6-18-7-12(15-16-18)17-4-5-19-8-17/h1-3,7H,4-6,8H2. The Morgan fingerprint density at radius 1 is 1.26 bits per heavy atom. The maximum atomic E-state index is 13.5. The first-order chi connectivity index (χ1) is 9.24. The van der Waals surface area contributed by atoms with Crippen LogP contribution < -0.4 is 4.90 Å². The third-order valence-electron chi connectivity index (χ3n) is 2.99. The van der Waals surface area contributed by atoms with Crippen molar-refractivity contribution in [2.24, 2.45) is 0 Å². The maximum Gasteiger partial charge on any atom is 0.173 e. The van der Waals surface area contributed by atoms with Crippen LogP contribution in [0.15, 0.2) is 24.4 Å². The molecule has 0 saturated carbocycles. The normalized spacial score (nSPS) is 15.2. The Labute approximate surface area is 108 Å². The first kappa shape index (κ1) is 12.0. The molecule has 0 amide bonds. The summed E-state index contributed by atoms with van der Waals surface area (Å²) in [4.78, 5) is 1.90. The molecule has 1 saturated heterocycles. The zero-order valence-corrected chi connectivity index (χ0v) is 10.1. The van der Waals surface area contributed by atoms with Crippen molar-refractivity contribution in [3.8, 4) is 0 Å².